The van der Waals surface area contributed by atoms with Gasteiger partial charge in [0, 0.05) is 26.4 Å². The molecule has 1 atom stereocenters. The van der Waals surface area contributed by atoms with Crippen LogP contribution in [0, 0.1) is 6.92 Å². The minimum absolute atomic E-state index is 0.251. The van der Waals surface area contributed by atoms with Crippen LogP contribution in [0.15, 0.2) is 24.4 Å². The molecule has 0 spiro atoms. The van der Waals surface area contributed by atoms with Gasteiger partial charge in [0.25, 0.3) is 0 Å². The minimum Gasteiger partial charge on any atom is -0.383 e. The monoisotopic (exact) mass is 370 g/mol. The van der Waals surface area contributed by atoms with Crippen LogP contribution in [0.2, 0.25) is 0 Å². The number of aromatic nitrogens is 4. The van der Waals surface area contributed by atoms with Crippen molar-refractivity contribution in [2.24, 2.45) is 0 Å². The van der Waals surface area contributed by atoms with E-state index in [1.54, 1.807) is 7.11 Å². The first-order valence-corrected chi connectivity index (χ1v) is 9.59. The quantitative estimate of drug-likeness (QED) is 0.668. The predicted molar refractivity (Wildman–Crippen MR) is 104 cm³/mol. The third-order valence-corrected chi connectivity index (χ3v) is 5.37. The molecule has 8 heteroatoms. The Morgan fingerprint density at radius 2 is 2.23 bits per heavy atom. The first kappa shape index (κ1) is 17.1. The van der Waals surface area contributed by atoms with Gasteiger partial charge < -0.3 is 15.0 Å². The fourth-order valence-electron chi connectivity index (χ4n) is 3.38. The van der Waals surface area contributed by atoms with Crippen molar-refractivity contribution in [1.29, 1.82) is 0 Å². The number of aryl methyl sites for hydroxylation is 1. The lowest BCUT2D eigenvalue weighted by Crippen LogP contribution is -2.24. The fourth-order valence-corrected chi connectivity index (χ4v) is 4.13. The van der Waals surface area contributed by atoms with E-state index in [2.05, 4.69) is 36.7 Å². The number of fused-ring (bicyclic) bond motifs is 1. The maximum atomic E-state index is 5.08. The maximum Gasteiger partial charge on any atom is 0.149 e. The van der Waals surface area contributed by atoms with Crippen molar-refractivity contribution >= 4 is 33.4 Å². The molecule has 0 radical (unpaired) electrons. The van der Waals surface area contributed by atoms with Gasteiger partial charge in [0.15, 0.2) is 0 Å². The molecule has 0 unspecified atom stereocenters. The number of ether oxygens (including phenoxy) is 1. The lowest BCUT2D eigenvalue weighted by Gasteiger charge is -2.25. The highest BCUT2D eigenvalue weighted by atomic mass is 32.1. The topological polar surface area (TPSA) is 76.1 Å². The molecule has 7 nitrogen and oxygen atoms in total. The highest BCUT2D eigenvalue weighted by molar-refractivity contribution is 7.13. The number of methoxy groups -OCH3 is 1. The van der Waals surface area contributed by atoms with Crippen molar-refractivity contribution in [3.63, 3.8) is 0 Å². The molecule has 0 aromatic carbocycles. The molecule has 3 aromatic rings. The summed E-state index contributed by atoms with van der Waals surface area (Å²) in [5, 5.41) is 4.37. The number of hydrogen-bond acceptors (Lipinski definition) is 8. The van der Waals surface area contributed by atoms with E-state index in [1.165, 1.54) is 11.5 Å². The van der Waals surface area contributed by atoms with Crippen LogP contribution < -0.4 is 10.2 Å². The fraction of sp³-hybridized carbons (Fsp3) is 0.444. The molecule has 3 aromatic heterocycles. The Balaban J connectivity index is 1.59. The maximum absolute atomic E-state index is 5.08. The molecule has 1 aliphatic heterocycles. The summed E-state index contributed by atoms with van der Waals surface area (Å²) < 4.78 is 9.58. The zero-order chi connectivity index (χ0) is 17.9. The molecule has 136 valence electrons. The number of pyridine rings is 1. The van der Waals surface area contributed by atoms with E-state index >= 15 is 0 Å². The summed E-state index contributed by atoms with van der Waals surface area (Å²) in [6.45, 7) is 4.31. The van der Waals surface area contributed by atoms with Gasteiger partial charge in [-0.25, -0.2) is 15.0 Å². The molecule has 1 aliphatic rings. The Bertz CT molecular complexity index is 898. The summed E-state index contributed by atoms with van der Waals surface area (Å²) in [7, 11) is 1.70. The van der Waals surface area contributed by atoms with E-state index < -0.39 is 0 Å². The molecular formula is C18H22N6OS. The average Bonchev–Trinajstić information content (AvgIpc) is 3.29. The number of hydrogen-bond donors (Lipinski definition) is 1. The average molecular weight is 370 g/mol. The van der Waals surface area contributed by atoms with Gasteiger partial charge in [0.2, 0.25) is 0 Å². The van der Waals surface area contributed by atoms with Crippen LogP contribution in [0.3, 0.4) is 0 Å². The molecule has 26 heavy (non-hydrogen) atoms. The van der Waals surface area contributed by atoms with Gasteiger partial charge in [-0.15, -0.1) is 0 Å². The summed E-state index contributed by atoms with van der Waals surface area (Å²) in [4.78, 5) is 17.0. The van der Waals surface area contributed by atoms with Crippen LogP contribution in [0.25, 0.3) is 10.2 Å². The zero-order valence-corrected chi connectivity index (χ0v) is 15.8. The lowest BCUT2D eigenvalue weighted by atomic mass is 10.1. The third kappa shape index (κ3) is 3.34. The Morgan fingerprint density at radius 3 is 3.08 bits per heavy atom. The summed E-state index contributed by atoms with van der Waals surface area (Å²) >= 11 is 1.44. The van der Waals surface area contributed by atoms with Crippen LogP contribution in [-0.2, 0) is 4.74 Å². The zero-order valence-electron chi connectivity index (χ0n) is 15.0. The Hall–Kier alpha value is -2.32. The lowest BCUT2D eigenvalue weighted by molar-refractivity contribution is 0.210. The van der Waals surface area contributed by atoms with E-state index in [9.17, 15) is 0 Å². The van der Waals surface area contributed by atoms with E-state index in [0.29, 0.717) is 6.61 Å². The number of anilines is 2. The number of rotatable bonds is 6. The normalized spacial score (nSPS) is 17.2. The summed E-state index contributed by atoms with van der Waals surface area (Å²) in [6.07, 6.45) is 4.05. The minimum atomic E-state index is 0.251. The van der Waals surface area contributed by atoms with Crippen LogP contribution in [0.1, 0.15) is 30.4 Å². The second-order valence-electron chi connectivity index (χ2n) is 6.35. The van der Waals surface area contributed by atoms with Gasteiger partial charge in [-0.05, 0) is 49.5 Å². The van der Waals surface area contributed by atoms with Gasteiger partial charge in [-0.3, -0.25) is 0 Å². The van der Waals surface area contributed by atoms with Crippen molar-refractivity contribution < 1.29 is 4.74 Å². The summed E-state index contributed by atoms with van der Waals surface area (Å²) in [6, 6.07) is 6.47. The molecule has 4 heterocycles. The summed E-state index contributed by atoms with van der Waals surface area (Å²) in [5.74, 6) is 2.66. The second kappa shape index (κ2) is 7.51. The standard InChI is InChI=1S/C18H22N6OS/c1-12-19-8-7-16(21-12)24-10-3-4-15(24)14-6-5-13-17(20-9-11-25-2)23-26-18(13)22-14/h5-8,15H,3-4,9-11H2,1-2H3,(H,20,23)/t15-/m1/s1. The van der Waals surface area contributed by atoms with Crippen LogP contribution in [0.5, 0.6) is 0 Å². The highest BCUT2D eigenvalue weighted by Crippen LogP contribution is 2.36. The second-order valence-corrected chi connectivity index (χ2v) is 7.10. The van der Waals surface area contributed by atoms with Crippen LogP contribution in [-0.4, -0.2) is 46.1 Å². The van der Waals surface area contributed by atoms with Gasteiger partial charge >= 0.3 is 0 Å². The van der Waals surface area contributed by atoms with Crippen molar-refractivity contribution in [2.45, 2.75) is 25.8 Å². The molecule has 0 saturated carbocycles. The Kier molecular flexibility index (Phi) is 4.94. The van der Waals surface area contributed by atoms with Gasteiger partial charge in [-0.1, -0.05) is 0 Å². The number of nitrogens with zero attached hydrogens (tertiary/aromatic N) is 5. The van der Waals surface area contributed by atoms with Crippen molar-refractivity contribution in [2.75, 3.05) is 37.0 Å². The van der Waals surface area contributed by atoms with Crippen molar-refractivity contribution in [3.8, 4) is 0 Å². The van der Waals surface area contributed by atoms with Gasteiger partial charge in [0.1, 0.15) is 22.3 Å². The number of nitrogens with one attached hydrogen (secondary N) is 1. The smallest absolute Gasteiger partial charge is 0.149 e. The first-order chi connectivity index (χ1) is 12.8. The molecule has 0 amide bonds. The third-order valence-electron chi connectivity index (χ3n) is 4.61. The Morgan fingerprint density at radius 1 is 1.31 bits per heavy atom. The van der Waals surface area contributed by atoms with E-state index in [-0.39, 0.29) is 6.04 Å². The van der Waals surface area contributed by atoms with E-state index in [0.717, 1.165) is 59.3 Å². The molecule has 1 fully saturated rings. The van der Waals surface area contributed by atoms with Crippen molar-refractivity contribution in [1.82, 2.24) is 19.3 Å². The molecule has 1 saturated heterocycles. The molecule has 0 bridgehead atoms. The van der Waals surface area contributed by atoms with Gasteiger partial charge in [-0.2, -0.15) is 4.37 Å². The molecular weight excluding hydrogens is 348 g/mol. The SMILES string of the molecule is COCCNc1nsc2nc([C@H]3CCCN3c3ccnc(C)n3)ccc12. The highest BCUT2D eigenvalue weighted by Gasteiger charge is 2.28. The predicted octanol–water partition coefficient (Wildman–Crippen LogP) is 3.19. The largest absolute Gasteiger partial charge is 0.383 e. The van der Waals surface area contributed by atoms with Crippen molar-refractivity contribution in [3.05, 3.63) is 35.9 Å². The molecule has 4 rings (SSSR count). The summed E-state index contributed by atoms with van der Waals surface area (Å²) in [5.41, 5.74) is 1.08. The Labute approximate surface area is 156 Å². The first-order valence-electron chi connectivity index (χ1n) is 8.81. The van der Waals surface area contributed by atoms with E-state index in [1.807, 2.05) is 19.2 Å². The van der Waals surface area contributed by atoms with E-state index in [4.69, 9.17) is 9.72 Å². The molecule has 0 aliphatic carbocycles. The molecule has 1 N–H and O–H groups in total. The van der Waals surface area contributed by atoms with Gasteiger partial charge in [0.05, 0.1) is 23.7 Å². The van der Waals surface area contributed by atoms with Crippen LogP contribution in [0.4, 0.5) is 11.6 Å². The van der Waals surface area contributed by atoms with Crippen LogP contribution >= 0.6 is 11.5 Å².